The van der Waals surface area contributed by atoms with E-state index in [-0.39, 0.29) is 36.3 Å². The highest BCUT2D eigenvalue weighted by atomic mass is 127. The van der Waals surface area contributed by atoms with Gasteiger partial charge in [0.2, 0.25) is 10.0 Å². The van der Waals surface area contributed by atoms with Crippen LogP contribution >= 0.6 is 24.0 Å². The summed E-state index contributed by atoms with van der Waals surface area (Å²) in [4.78, 5) is 4.15. The third-order valence-corrected chi connectivity index (χ3v) is 5.24. The molecule has 1 aliphatic heterocycles. The Morgan fingerprint density at radius 3 is 2.78 bits per heavy atom. The Morgan fingerprint density at radius 2 is 2.09 bits per heavy atom. The summed E-state index contributed by atoms with van der Waals surface area (Å²) in [6, 6.07) is 7.62. The summed E-state index contributed by atoms with van der Waals surface area (Å²) in [7, 11) is -3.34. The van der Waals surface area contributed by atoms with Crippen molar-refractivity contribution in [3.63, 3.8) is 0 Å². The first-order chi connectivity index (χ1) is 10.4. The van der Waals surface area contributed by atoms with Crippen molar-refractivity contribution in [3.8, 4) is 0 Å². The number of benzene rings is 1. The molecule has 1 heterocycles. The van der Waals surface area contributed by atoms with Crippen LogP contribution in [-0.2, 0) is 16.4 Å². The van der Waals surface area contributed by atoms with Crippen LogP contribution in [0.1, 0.15) is 19.4 Å². The molecule has 2 rings (SSSR count). The van der Waals surface area contributed by atoms with E-state index in [1.54, 1.807) is 0 Å². The van der Waals surface area contributed by atoms with Gasteiger partial charge in [0, 0.05) is 19.6 Å². The summed E-state index contributed by atoms with van der Waals surface area (Å²) in [5, 5.41) is 2.86. The molecule has 130 valence electrons. The van der Waals surface area contributed by atoms with Crippen LogP contribution in [0.3, 0.4) is 0 Å². The summed E-state index contributed by atoms with van der Waals surface area (Å²) < 4.78 is 26.4. The lowest BCUT2D eigenvalue weighted by Crippen LogP contribution is -2.39. The van der Waals surface area contributed by atoms with Crippen LogP contribution in [0.25, 0.3) is 0 Å². The van der Waals surface area contributed by atoms with Crippen molar-refractivity contribution < 1.29 is 8.42 Å². The first-order valence-electron chi connectivity index (χ1n) is 7.52. The minimum atomic E-state index is -3.34. The minimum absolute atomic E-state index is 0. The Balaban J connectivity index is 0.00000264. The molecule has 0 atom stereocenters. The van der Waals surface area contributed by atoms with Gasteiger partial charge in [-0.2, -0.15) is 0 Å². The average molecular weight is 452 g/mol. The van der Waals surface area contributed by atoms with Gasteiger partial charge in [-0.05, 0) is 24.0 Å². The molecule has 0 radical (unpaired) electrons. The van der Waals surface area contributed by atoms with Gasteiger partial charge in [0.25, 0.3) is 0 Å². The molecule has 0 spiro atoms. The van der Waals surface area contributed by atoms with Crippen molar-refractivity contribution in [2.45, 2.75) is 20.3 Å². The molecule has 8 heteroatoms. The fourth-order valence-electron chi connectivity index (χ4n) is 2.35. The minimum Gasteiger partial charge on any atom is -0.370 e. The number of nitrogens with one attached hydrogen (secondary N) is 1. The molecule has 0 unspecified atom stereocenters. The van der Waals surface area contributed by atoms with Gasteiger partial charge >= 0.3 is 0 Å². The first-order valence-corrected chi connectivity index (χ1v) is 9.13. The summed E-state index contributed by atoms with van der Waals surface area (Å²) >= 11 is 0. The van der Waals surface area contributed by atoms with Gasteiger partial charge in [0.1, 0.15) is 0 Å². The summed E-state index contributed by atoms with van der Waals surface area (Å²) in [5.74, 6) is 0.718. The van der Waals surface area contributed by atoms with Crippen molar-refractivity contribution in [3.05, 3.63) is 29.8 Å². The number of guanidine groups is 1. The summed E-state index contributed by atoms with van der Waals surface area (Å²) in [5.41, 5.74) is 7.59. The van der Waals surface area contributed by atoms with E-state index in [1.165, 1.54) is 4.31 Å². The van der Waals surface area contributed by atoms with Crippen LogP contribution in [0.15, 0.2) is 29.3 Å². The Kier molecular flexibility index (Phi) is 7.59. The quantitative estimate of drug-likeness (QED) is 0.390. The van der Waals surface area contributed by atoms with Gasteiger partial charge < -0.3 is 11.1 Å². The van der Waals surface area contributed by atoms with E-state index in [9.17, 15) is 8.42 Å². The van der Waals surface area contributed by atoms with Crippen LogP contribution in [0.5, 0.6) is 0 Å². The second kappa shape index (κ2) is 8.72. The fourth-order valence-corrected chi connectivity index (χ4v) is 3.78. The van der Waals surface area contributed by atoms with E-state index in [2.05, 4.69) is 10.3 Å². The maximum atomic E-state index is 12.4. The number of para-hydroxylation sites is 1. The SMILES string of the molecule is CC(C)CN=C(N)NCCS(=O)(=O)N1CCc2ccccc21.I. The Labute approximate surface area is 155 Å². The number of halogens is 1. The number of rotatable bonds is 6. The number of fused-ring (bicyclic) bond motifs is 1. The van der Waals surface area contributed by atoms with E-state index in [0.717, 1.165) is 17.7 Å². The van der Waals surface area contributed by atoms with Gasteiger partial charge in [-0.15, -0.1) is 24.0 Å². The summed E-state index contributed by atoms with van der Waals surface area (Å²) in [6.45, 7) is 5.50. The zero-order valence-corrected chi connectivity index (χ0v) is 16.7. The Hall–Kier alpha value is -1.03. The normalized spacial score (nSPS) is 14.6. The van der Waals surface area contributed by atoms with Crippen molar-refractivity contribution in [2.75, 3.05) is 29.7 Å². The standard InChI is InChI=1S/C15H24N4O2S.HI/c1-12(2)11-18-15(16)17-8-10-22(20,21)19-9-7-13-5-3-4-6-14(13)19;/h3-6,12H,7-11H2,1-2H3,(H3,16,17,18);1H. The van der Waals surface area contributed by atoms with E-state index in [4.69, 9.17) is 5.73 Å². The predicted octanol–water partition coefficient (Wildman–Crippen LogP) is 1.56. The lowest BCUT2D eigenvalue weighted by atomic mass is 10.2. The van der Waals surface area contributed by atoms with Crippen LogP contribution in [0, 0.1) is 5.92 Å². The third kappa shape index (κ3) is 5.52. The van der Waals surface area contributed by atoms with Crippen LogP contribution in [0.4, 0.5) is 5.69 Å². The van der Waals surface area contributed by atoms with Gasteiger partial charge in [-0.3, -0.25) is 9.30 Å². The molecule has 1 aromatic carbocycles. The molecule has 1 aliphatic rings. The maximum Gasteiger partial charge on any atom is 0.236 e. The van der Waals surface area contributed by atoms with Crippen molar-refractivity contribution in [1.29, 1.82) is 0 Å². The molecule has 0 amide bonds. The molecule has 0 bridgehead atoms. The fraction of sp³-hybridized carbons (Fsp3) is 0.533. The van der Waals surface area contributed by atoms with Crippen molar-refractivity contribution in [1.82, 2.24) is 5.32 Å². The number of hydrogen-bond donors (Lipinski definition) is 2. The van der Waals surface area contributed by atoms with Crippen molar-refractivity contribution >= 4 is 45.6 Å². The predicted molar refractivity (Wildman–Crippen MR) is 106 cm³/mol. The molecular weight excluding hydrogens is 427 g/mol. The largest absolute Gasteiger partial charge is 0.370 e. The summed E-state index contributed by atoms with van der Waals surface area (Å²) in [6.07, 6.45) is 0.765. The number of hydrogen-bond acceptors (Lipinski definition) is 3. The first kappa shape index (κ1) is 20.0. The van der Waals surface area contributed by atoms with Gasteiger partial charge in [0.05, 0.1) is 11.4 Å². The van der Waals surface area contributed by atoms with E-state index in [1.807, 2.05) is 38.1 Å². The second-order valence-corrected chi connectivity index (χ2v) is 7.83. The molecule has 3 N–H and O–H groups in total. The molecular formula is C15H25IN4O2S. The highest BCUT2D eigenvalue weighted by Gasteiger charge is 2.28. The van der Waals surface area contributed by atoms with Gasteiger partial charge in [-0.25, -0.2) is 8.42 Å². The zero-order valence-electron chi connectivity index (χ0n) is 13.5. The lowest BCUT2D eigenvalue weighted by Gasteiger charge is -2.19. The van der Waals surface area contributed by atoms with Crippen LogP contribution in [0.2, 0.25) is 0 Å². The highest BCUT2D eigenvalue weighted by Crippen LogP contribution is 2.29. The van der Waals surface area contributed by atoms with E-state index < -0.39 is 10.0 Å². The average Bonchev–Trinajstić information content (AvgIpc) is 2.89. The molecule has 0 saturated heterocycles. The number of nitrogens with zero attached hydrogens (tertiary/aromatic N) is 2. The number of sulfonamides is 1. The van der Waals surface area contributed by atoms with Gasteiger partial charge in [0.15, 0.2) is 5.96 Å². The topological polar surface area (TPSA) is 87.8 Å². The highest BCUT2D eigenvalue weighted by molar-refractivity contribution is 14.0. The zero-order chi connectivity index (χ0) is 16.2. The molecule has 6 nitrogen and oxygen atoms in total. The molecule has 0 saturated carbocycles. The smallest absolute Gasteiger partial charge is 0.236 e. The molecule has 0 aromatic heterocycles. The number of nitrogens with two attached hydrogens (primary N) is 1. The lowest BCUT2D eigenvalue weighted by molar-refractivity contribution is 0.591. The molecule has 23 heavy (non-hydrogen) atoms. The molecule has 0 aliphatic carbocycles. The third-order valence-electron chi connectivity index (χ3n) is 3.47. The number of aliphatic imine (C=N–C) groups is 1. The van der Waals surface area contributed by atoms with E-state index >= 15 is 0 Å². The Morgan fingerprint density at radius 1 is 1.39 bits per heavy atom. The van der Waals surface area contributed by atoms with E-state index in [0.29, 0.717) is 25.0 Å². The monoisotopic (exact) mass is 452 g/mol. The maximum absolute atomic E-state index is 12.4. The molecule has 0 fully saturated rings. The van der Waals surface area contributed by atoms with Crippen molar-refractivity contribution in [2.24, 2.45) is 16.6 Å². The second-order valence-electron chi connectivity index (χ2n) is 5.81. The van der Waals surface area contributed by atoms with Gasteiger partial charge in [-0.1, -0.05) is 32.0 Å². The number of anilines is 1. The Bertz CT molecular complexity index is 647. The van der Waals surface area contributed by atoms with Crippen LogP contribution < -0.4 is 15.4 Å². The van der Waals surface area contributed by atoms with Crippen LogP contribution in [-0.4, -0.2) is 39.8 Å². The molecule has 1 aromatic rings.